The number of rotatable bonds is 2. The van der Waals surface area contributed by atoms with E-state index in [4.69, 9.17) is 5.11 Å². The van der Waals surface area contributed by atoms with Crippen molar-refractivity contribution in [2.75, 3.05) is 7.05 Å². The molecule has 0 spiro atoms. The maximum Gasteiger partial charge on any atom is 0.303 e. The van der Waals surface area contributed by atoms with Crippen molar-refractivity contribution in [2.45, 2.75) is 65.3 Å². The topological polar surface area (TPSA) is 49.3 Å². The van der Waals surface area contributed by atoms with Crippen LogP contribution in [-0.4, -0.2) is 24.2 Å². The Bertz CT molecular complexity index is 132. The molecule has 0 aromatic carbocycles. The van der Waals surface area contributed by atoms with Gasteiger partial charge in [-0.1, -0.05) is 40.0 Å². The molecule has 1 aliphatic carbocycles. The van der Waals surface area contributed by atoms with E-state index >= 15 is 0 Å². The first-order valence-electron chi connectivity index (χ1n) is 6.09. The van der Waals surface area contributed by atoms with Gasteiger partial charge in [0, 0.05) is 12.5 Å². The molecule has 0 amide bonds. The third-order valence-electron chi connectivity index (χ3n) is 2.32. The SMILES string of the molecule is CC.CCC(=O)O.CNC1CCCCC1. The zero-order chi connectivity index (χ0) is 12.1. The lowest BCUT2D eigenvalue weighted by Gasteiger charge is -2.20. The van der Waals surface area contributed by atoms with Gasteiger partial charge in [0.15, 0.2) is 0 Å². The molecular weight excluding hydrogens is 190 g/mol. The van der Waals surface area contributed by atoms with Crippen LogP contribution in [0.5, 0.6) is 0 Å². The molecule has 3 heteroatoms. The van der Waals surface area contributed by atoms with Crippen LogP contribution in [0.3, 0.4) is 0 Å². The monoisotopic (exact) mass is 217 g/mol. The Hall–Kier alpha value is -0.570. The molecule has 0 bridgehead atoms. The Morgan fingerprint density at radius 1 is 1.27 bits per heavy atom. The molecule has 92 valence electrons. The Kier molecular flexibility index (Phi) is 15.1. The predicted octanol–water partition coefficient (Wildman–Crippen LogP) is 3.05. The predicted molar refractivity (Wildman–Crippen MR) is 65.2 cm³/mol. The van der Waals surface area contributed by atoms with E-state index in [9.17, 15) is 4.79 Å². The van der Waals surface area contributed by atoms with Gasteiger partial charge >= 0.3 is 5.97 Å². The smallest absolute Gasteiger partial charge is 0.303 e. The molecule has 15 heavy (non-hydrogen) atoms. The Morgan fingerprint density at radius 3 is 1.87 bits per heavy atom. The fourth-order valence-electron chi connectivity index (χ4n) is 1.39. The summed E-state index contributed by atoms with van der Waals surface area (Å²) in [4.78, 5) is 9.37. The van der Waals surface area contributed by atoms with Crippen LogP contribution in [-0.2, 0) is 4.79 Å². The third kappa shape index (κ3) is 13.4. The summed E-state index contributed by atoms with van der Waals surface area (Å²) in [5.74, 6) is -0.745. The summed E-state index contributed by atoms with van der Waals surface area (Å²) in [5, 5.41) is 11.0. The number of nitrogens with one attached hydrogen (secondary N) is 1. The zero-order valence-corrected chi connectivity index (χ0v) is 10.7. The molecule has 0 aliphatic heterocycles. The zero-order valence-electron chi connectivity index (χ0n) is 10.7. The molecule has 0 atom stereocenters. The van der Waals surface area contributed by atoms with Crippen LogP contribution in [0.4, 0.5) is 0 Å². The fourth-order valence-corrected chi connectivity index (χ4v) is 1.39. The normalized spacial score (nSPS) is 15.5. The summed E-state index contributed by atoms with van der Waals surface area (Å²) in [6.45, 7) is 5.60. The van der Waals surface area contributed by atoms with E-state index in [2.05, 4.69) is 12.4 Å². The van der Waals surface area contributed by atoms with Crippen LogP contribution in [0.25, 0.3) is 0 Å². The van der Waals surface area contributed by atoms with Gasteiger partial charge in [0.1, 0.15) is 0 Å². The molecule has 0 aromatic rings. The van der Waals surface area contributed by atoms with Crippen LogP contribution in [0.2, 0.25) is 0 Å². The minimum atomic E-state index is -0.745. The van der Waals surface area contributed by atoms with E-state index in [1.54, 1.807) is 6.92 Å². The Balaban J connectivity index is 0. The van der Waals surface area contributed by atoms with Gasteiger partial charge < -0.3 is 10.4 Å². The standard InChI is InChI=1S/C7H15N.C3H6O2.C2H6/c1-8-7-5-3-2-4-6-7;1-2-3(4)5;1-2/h7-8H,2-6H2,1H3;2H2,1H3,(H,4,5);1-2H3. The van der Waals surface area contributed by atoms with Gasteiger partial charge in [0.2, 0.25) is 0 Å². The van der Waals surface area contributed by atoms with Crippen molar-refractivity contribution in [2.24, 2.45) is 0 Å². The third-order valence-corrected chi connectivity index (χ3v) is 2.32. The minimum absolute atomic E-state index is 0.222. The highest BCUT2D eigenvalue weighted by Gasteiger charge is 2.09. The van der Waals surface area contributed by atoms with Crippen molar-refractivity contribution < 1.29 is 9.90 Å². The first-order chi connectivity index (χ1) is 7.20. The van der Waals surface area contributed by atoms with E-state index in [0.717, 1.165) is 6.04 Å². The Morgan fingerprint density at radius 2 is 1.67 bits per heavy atom. The maximum absolute atomic E-state index is 9.37. The van der Waals surface area contributed by atoms with Crippen molar-refractivity contribution in [1.29, 1.82) is 0 Å². The summed E-state index contributed by atoms with van der Waals surface area (Å²) in [7, 11) is 2.07. The first kappa shape index (κ1) is 16.8. The summed E-state index contributed by atoms with van der Waals surface area (Å²) in [6.07, 6.45) is 7.35. The van der Waals surface area contributed by atoms with Crippen molar-refractivity contribution in [3.8, 4) is 0 Å². The summed E-state index contributed by atoms with van der Waals surface area (Å²) in [5.41, 5.74) is 0. The second-order valence-corrected chi connectivity index (χ2v) is 3.37. The first-order valence-corrected chi connectivity index (χ1v) is 6.09. The number of carboxylic acid groups (broad SMARTS) is 1. The van der Waals surface area contributed by atoms with Crippen LogP contribution in [0.1, 0.15) is 59.3 Å². The van der Waals surface area contributed by atoms with Gasteiger partial charge in [0.05, 0.1) is 0 Å². The van der Waals surface area contributed by atoms with Gasteiger partial charge in [-0.3, -0.25) is 4.79 Å². The minimum Gasteiger partial charge on any atom is -0.481 e. The highest BCUT2D eigenvalue weighted by atomic mass is 16.4. The molecule has 0 aromatic heterocycles. The second kappa shape index (κ2) is 13.4. The van der Waals surface area contributed by atoms with Gasteiger partial charge in [0.25, 0.3) is 0 Å². The van der Waals surface area contributed by atoms with Crippen LogP contribution in [0, 0.1) is 0 Å². The van der Waals surface area contributed by atoms with Crippen LogP contribution >= 0.6 is 0 Å². The molecule has 2 N–H and O–H groups in total. The largest absolute Gasteiger partial charge is 0.481 e. The lowest BCUT2D eigenvalue weighted by Crippen LogP contribution is -2.26. The number of carboxylic acids is 1. The highest BCUT2D eigenvalue weighted by molar-refractivity contribution is 5.66. The van der Waals surface area contributed by atoms with Crippen LogP contribution in [0.15, 0.2) is 0 Å². The molecule has 1 rings (SSSR count). The second-order valence-electron chi connectivity index (χ2n) is 3.37. The fraction of sp³-hybridized carbons (Fsp3) is 0.917. The van der Waals surface area contributed by atoms with Gasteiger partial charge in [-0.25, -0.2) is 0 Å². The van der Waals surface area contributed by atoms with E-state index < -0.39 is 5.97 Å². The molecule has 1 fully saturated rings. The molecule has 0 heterocycles. The molecule has 1 saturated carbocycles. The van der Waals surface area contributed by atoms with E-state index in [1.807, 2.05) is 13.8 Å². The number of hydrogen-bond acceptors (Lipinski definition) is 2. The molecule has 0 radical (unpaired) electrons. The number of hydrogen-bond donors (Lipinski definition) is 2. The molecule has 0 unspecified atom stereocenters. The van der Waals surface area contributed by atoms with Gasteiger partial charge in [-0.15, -0.1) is 0 Å². The average molecular weight is 217 g/mol. The average Bonchev–Trinajstić information content (AvgIpc) is 2.33. The van der Waals surface area contributed by atoms with Gasteiger partial charge in [-0.2, -0.15) is 0 Å². The lowest BCUT2D eigenvalue weighted by molar-refractivity contribution is -0.136. The highest BCUT2D eigenvalue weighted by Crippen LogP contribution is 2.16. The van der Waals surface area contributed by atoms with E-state index in [-0.39, 0.29) is 6.42 Å². The van der Waals surface area contributed by atoms with Crippen molar-refractivity contribution in [1.82, 2.24) is 5.32 Å². The molecular formula is C12H27NO2. The molecule has 1 aliphatic rings. The van der Waals surface area contributed by atoms with Gasteiger partial charge in [-0.05, 0) is 19.9 Å². The number of carbonyl (C=O) groups is 1. The van der Waals surface area contributed by atoms with E-state index in [0.29, 0.717) is 0 Å². The van der Waals surface area contributed by atoms with Crippen molar-refractivity contribution in [3.05, 3.63) is 0 Å². The summed E-state index contributed by atoms with van der Waals surface area (Å²) < 4.78 is 0. The van der Waals surface area contributed by atoms with E-state index in [1.165, 1.54) is 32.1 Å². The quantitative estimate of drug-likeness (QED) is 0.747. The maximum atomic E-state index is 9.37. The van der Waals surface area contributed by atoms with Crippen molar-refractivity contribution in [3.63, 3.8) is 0 Å². The lowest BCUT2D eigenvalue weighted by atomic mass is 9.96. The van der Waals surface area contributed by atoms with Crippen molar-refractivity contribution >= 4 is 5.97 Å². The Labute approximate surface area is 94.3 Å². The van der Waals surface area contributed by atoms with Crippen LogP contribution < -0.4 is 5.32 Å². The summed E-state index contributed by atoms with van der Waals surface area (Å²) >= 11 is 0. The molecule has 0 saturated heterocycles. The summed E-state index contributed by atoms with van der Waals surface area (Å²) in [6, 6.07) is 0.837. The molecule has 3 nitrogen and oxygen atoms in total. The number of aliphatic carboxylic acids is 1.